The highest BCUT2D eigenvalue weighted by Gasteiger charge is 2.45. The van der Waals surface area contributed by atoms with Crippen molar-refractivity contribution in [2.75, 3.05) is 0 Å². The molecule has 0 radical (unpaired) electrons. The van der Waals surface area contributed by atoms with E-state index < -0.39 is 5.60 Å². The molecule has 0 aromatic heterocycles. The summed E-state index contributed by atoms with van der Waals surface area (Å²) in [6.45, 7) is 8.64. The van der Waals surface area contributed by atoms with Gasteiger partial charge in [0.25, 0.3) is 0 Å². The minimum absolute atomic E-state index is 0.604. The lowest BCUT2D eigenvalue weighted by Gasteiger charge is -2.48. The molecule has 0 aromatic rings. The SMILES string of the molecule is C=C1CC2CC[C@H]3C(CCC[C@@H]3C)[C@@H]2CC[C@@]1(C)O. The minimum Gasteiger partial charge on any atom is -0.386 e. The summed E-state index contributed by atoms with van der Waals surface area (Å²) in [5.74, 6) is 4.54. The van der Waals surface area contributed by atoms with E-state index in [0.29, 0.717) is 0 Å². The highest BCUT2D eigenvalue weighted by Crippen LogP contribution is 2.53. The molecule has 0 aromatic carbocycles. The third kappa shape index (κ3) is 2.39. The van der Waals surface area contributed by atoms with Crippen LogP contribution < -0.4 is 0 Å². The summed E-state index contributed by atoms with van der Waals surface area (Å²) in [5.41, 5.74) is 0.495. The second-order valence-corrected chi connectivity index (χ2v) is 7.86. The molecule has 3 aliphatic carbocycles. The molecule has 1 N–H and O–H groups in total. The summed E-state index contributed by atoms with van der Waals surface area (Å²) in [6.07, 6.45) is 10.4. The Morgan fingerprint density at radius 2 is 1.84 bits per heavy atom. The second kappa shape index (κ2) is 4.91. The van der Waals surface area contributed by atoms with Crippen LogP contribution >= 0.6 is 0 Å². The Bertz CT molecular complexity index is 357. The van der Waals surface area contributed by atoms with Gasteiger partial charge in [-0.1, -0.05) is 26.3 Å². The van der Waals surface area contributed by atoms with Crippen LogP contribution in [-0.4, -0.2) is 10.7 Å². The first-order valence-corrected chi connectivity index (χ1v) is 8.39. The molecule has 0 saturated heterocycles. The van der Waals surface area contributed by atoms with E-state index in [9.17, 15) is 5.11 Å². The first-order chi connectivity index (χ1) is 8.99. The monoisotopic (exact) mass is 262 g/mol. The van der Waals surface area contributed by atoms with Crippen molar-refractivity contribution < 1.29 is 5.11 Å². The fourth-order valence-corrected chi connectivity index (χ4v) is 5.39. The molecule has 19 heavy (non-hydrogen) atoms. The van der Waals surface area contributed by atoms with Gasteiger partial charge in [-0.15, -0.1) is 0 Å². The number of aliphatic hydroxyl groups is 1. The molecule has 0 bridgehead atoms. The minimum atomic E-state index is -0.604. The lowest BCUT2D eigenvalue weighted by molar-refractivity contribution is 0.0174. The number of hydrogen-bond donors (Lipinski definition) is 1. The van der Waals surface area contributed by atoms with E-state index in [0.717, 1.165) is 48.0 Å². The predicted octanol–water partition coefficient (Wildman–Crippen LogP) is 4.56. The Morgan fingerprint density at radius 1 is 1.05 bits per heavy atom. The first-order valence-electron chi connectivity index (χ1n) is 8.39. The normalized spacial score (nSPS) is 51.1. The van der Waals surface area contributed by atoms with E-state index in [1.54, 1.807) is 0 Å². The van der Waals surface area contributed by atoms with Crippen LogP contribution in [0.15, 0.2) is 12.2 Å². The predicted molar refractivity (Wildman–Crippen MR) is 79.8 cm³/mol. The maximum absolute atomic E-state index is 10.5. The van der Waals surface area contributed by atoms with Crippen molar-refractivity contribution in [2.24, 2.45) is 29.6 Å². The summed E-state index contributed by atoms with van der Waals surface area (Å²) < 4.78 is 0. The molecular weight excluding hydrogens is 232 g/mol. The highest BCUT2D eigenvalue weighted by atomic mass is 16.3. The van der Waals surface area contributed by atoms with E-state index in [-0.39, 0.29) is 0 Å². The zero-order chi connectivity index (χ0) is 13.6. The van der Waals surface area contributed by atoms with E-state index in [2.05, 4.69) is 13.5 Å². The van der Waals surface area contributed by atoms with Crippen molar-refractivity contribution in [2.45, 2.75) is 70.8 Å². The van der Waals surface area contributed by atoms with Crippen LogP contribution in [0.4, 0.5) is 0 Å². The second-order valence-electron chi connectivity index (χ2n) is 7.86. The van der Waals surface area contributed by atoms with Gasteiger partial charge in [0, 0.05) is 0 Å². The Morgan fingerprint density at radius 3 is 2.63 bits per heavy atom. The molecule has 0 aliphatic heterocycles. The van der Waals surface area contributed by atoms with E-state index in [1.165, 1.54) is 38.5 Å². The Hall–Kier alpha value is -0.300. The molecule has 3 saturated carbocycles. The summed E-state index contributed by atoms with van der Waals surface area (Å²) >= 11 is 0. The molecule has 1 nitrogen and oxygen atoms in total. The van der Waals surface area contributed by atoms with Crippen LogP contribution in [0.3, 0.4) is 0 Å². The fraction of sp³-hybridized carbons (Fsp3) is 0.889. The molecule has 3 fully saturated rings. The molecule has 0 spiro atoms. The smallest absolute Gasteiger partial charge is 0.0826 e. The topological polar surface area (TPSA) is 20.2 Å². The van der Waals surface area contributed by atoms with Crippen molar-refractivity contribution in [1.82, 2.24) is 0 Å². The largest absolute Gasteiger partial charge is 0.386 e. The maximum atomic E-state index is 10.5. The van der Waals surface area contributed by atoms with Crippen molar-refractivity contribution >= 4 is 0 Å². The molecule has 3 rings (SSSR count). The summed E-state index contributed by atoms with van der Waals surface area (Å²) in [7, 11) is 0. The van der Waals surface area contributed by atoms with Gasteiger partial charge < -0.3 is 5.11 Å². The average Bonchev–Trinajstić information content (AvgIpc) is 2.48. The standard InChI is InChI=1S/C18H30O/c1-12-5-4-6-17-15(12)8-7-14-11-13(2)18(3,19)10-9-16(14)17/h12,14-17,19H,2,4-11H2,1,3H3/t12-,14?,15+,16+,17?,18+/m0/s1. The molecule has 108 valence electrons. The van der Waals surface area contributed by atoms with Crippen LogP contribution in [0.25, 0.3) is 0 Å². The van der Waals surface area contributed by atoms with Crippen LogP contribution in [-0.2, 0) is 0 Å². The Labute approximate surface area is 118 Å². The molecule has 1 heteroatoms. The third-order valence-corrected chi connectivity index (χ3v) is 6.74. The van der Waals surface area contributed by atoms with Gasteiger partial charge in [-0.25, -0.2) is 0 Å². The quantitative estimate of drug-likeness (QED) is 0.635. The van der Waals surface area contributed by atoms with Crippen molar-refractivity contribution in [3.63, 3.8) is 0 Å². The number of rotatable bonds is 0. The average molecular weight is 262 g/mol. The lowest BCUT2D eigenvalue weighted by atomic mass is 9.57. The first kappa shape index (κ1) is 13.7. The molecule has 0 amide bonds. The van der Waals surface area contributed by atoms with E-state index >= 15 is 0 Å². The summed E-state index contributed by atoms with van der Waals surface area (Å²) in [4.78, 5) is 0. The molecular formula is C18H30O. The van der Waals surface area contributed by atoms with Gasteiger partial charge in [-0.05, 0) is 80.6 Å². The molecule has 6 atom stereocenters. The Kier molecular flexibility index (Phi) is 3.53. The van der Waals surface area contributed by atoms with Gasteiger partial charge in [0.2, 0.25) is 0 Å². The van der Waals surface area contributed by atoms with Gasteiger partial charge in [-0.2, -0.15) is 0 Å². The van der Waals surface area contributed by atoms with Crippen molar-refractivity contribution in [3.8, 4) is 0 Å². The molecule has 0 heterocycles. The van der Waals surface area contributed by atoms with Gasteiger partial charge >= 0.3 is 0 Å². The van der Waals surface area contributed by atoms with E-state index in [1.807, 2.05) is 6.92 Å². The van der Waals surface area contributed by atoms with Gasteiger partial charge in [-0.3, -0.25) is 0 Å². The van der Waals surface area contributed by atoms with Crippen LogP contribution in [0, 0.1) is 29.6 Å². The third-order valence-electron chi connectivity index (χ3n) is 6.74. The highest BCUT2D eigenvalue weighted by molar-refractivity contribution is 5.14. The lowest BCUT2D eigenvalue weighted by Crippen LogP contribution is -2.39. The molecule has 2 unspecified atom stereocenters. The zero-order valence-electron chi connectivity index (χ0n) is 12.7. The zero-order valence-corrected chi connectivity index (χ0v) is 12.7. The molecule has 3 aliphatic rings. The van der Waals surface area contributed by atoms with Crippen LogP contribution in [0.2, 0.25) is 0 Å². The van der Waals surface area contributed by atoms with Gasteiger partial charge in [0.1, 0.15) is 0 Å². The van der Waals surface area contributed by atoms with E-state index in [4.69, 9.17) is 0 Å². The fourth-order valence-electron chi connectivity index (χ4n) is 5.39. The number of fused-ring (bicyclic) bond motifs is 3. The summed E-state index contributed by atoms with van der Waals surface area (Å²) in [6, 6.07) is 0. The van der Waals surface area contributed by atoms with Crippen molar-refractivity contribution in [3.05, 3.63) is 12.2 Å². The van der Waals surface area contributed by atoms with Gasteiger partial charge in [0.05, 0.1) is 5.60 Å². The number of hydrogen-bond acceptors (Lipinski definition) is 1. The maximum Gasteiger partial charge on any atom is 0.0826 e. The van der Waals surface area contributed by atoms with Crippen LogP contribution in [0.5, 0.6) is 0 Å². The van der Waals surface area contributed by atoms with Crippen molar-refractivity contribution in [1.29, 1.82) is 0 Å². The Balaban J connectivity index is 1.81. The van der Waals surface area contributed by atoms with Gasteiger partial charge in [0.15, 0.2) is 0 Å². The summed E-state index contributed by atoms with van der Waals surface area (Å²) in [5, 5.41) is 10.5. The van der Waals surface area contributed by atoms with Crippen LogP contribution in [0.1, 0.15) is 65.2 Å².